The molecule has 1 aliphatic heterocycles. The van der Waals surface area contributed by atoms with E-state index in [4.69, 9.17) is 0 Å². The highest BCUT2D eigenvalue weighted by atomic mass is 32.2. The predicted octanol–water partition coefficient (Wildman–Crippen LogP) is 4.11. The summed E-state index contributed by atoms with van der Waals surface area (Å²) in [5.74, 6) is -0.159. The van der Waals surface area contributed by atoms with Gasteiger partial charge in [-0.25, -0.2) is 26.6 Å². The number of fused-ring (bicyclic) bond motifs is 1. The fourth-order valence-electron chi connectivity index (χ4n) is 3.66. The Hall–Kier alpha value is -2.88. The van der Waals surface area contributed by atoms with Gasteiger partial charge < -0.3 is 10.2 Å². The third-order valence-corrected chi connectivity index (χ3v) is 7.02. The van der Waals surface area contributed by atoms with E-state index >= 15 is 0 Å². The van der Waals surface area contributed by atoms with Crippen LogP contribution in [0.5, 0.6) is 0 Å². The van der Waals surface area contributed by atoms with Crippen molar-refractivity contribution < 1.29 is 21.6 Å². The molecule has 164 valence electrons. The van der Waals surface area contributed by atoms with Crippen molar-refractivity contribution in [3.63, 3.8) is 0 Å². The van der Waals surface area contributed by atoms with Crippen LogP contribution in [0.3, 0.4) is 0 Å². The smallest absolute Gasteiger partial charge is 0.266 e. The minimum Gasteiger partial charge on any atom is -0.378 e. The molecule has 3 heterocycles. The number of pyridine rings is 2. The molecule has 1 saturated heterocycles. The van der Waals surface area contributed by atoms with Gasteiger partial charge >= 0.3 is 0 Å². The molecular weight excluding hydrogens is 429 g/mol. The van der Waals surface area contributed by atoms with E-state index < -0.39 is 33.7 Å². The molecule has 6 nitrogen and oxygen atoms in total. The Bertz CT molecular complexity index is 1210. The summed E-state index contributed by atoms with van der Waals surface area (Å²) in [7, 11) is -3.02. The first-order chi connectivity index (χ1) is 14.7. The maximum atomic E-state index is 14.6. The number of alkyl halides is 2. The molecule has 1 aliphatic rings. The van der Waals surface area contributed by atoms with E-state index in [2.05, 4.69) is 15.3 Å². The number of benzene rings is 1. The van der Waals surface area contributed by atoms with Gasteiger partial charge in [0.2, 0.25) is 0 Å². The van der Waals surface area contributed by atoms with Crippen LogP contribution >= 0.6 is 0 Å². The third-order valence-electron chi connectivity index (χ3n) is 5.41. The molecule has 3 aromatic rings. The van der Waals surface area contributed by atoms with Crippen molar-refractivity contribution in [3.05, 3.63) is 59.7 Å². The number of sulfone groups is 1. The van der Waals surface area contributed by atoms with Crippen molar-refractivity contribution in [2.45, 2.75) is 19.4 Å². The van der Waals surface area contributed by atoms with Crippen LogP contribution < -0.4 is 10.2 Å². The molecule has 0 saturated carbocycles. The quantitative estimate of drug-likeness (QED) is 0.631. The molecule has 4 rings (SSSR count). The van der Waals surface area contributed by atoms with Gasteiger partial charge in [-0.1, -0.05) is 18.2 Å². The summed E-state index contributed by atoms with van der Waals surface area (Å²) in [6.07, 6.45) is 0.288. The van der Waals surface area contributed by atoms with Crippen molar-refractivity contribution >= 4 is 32.2 Å². The highest BCUT2D eigenvalue weighted by molar-refractivity contribution is 7.91. The molecule has 0 aliphatic carbocycles. The Morgan fingerprint density at radius 2 is 1.81 bits per heavy atom. The Kier molecular flexibility index (Phi) is 5.74. The molecule has 0 radical (unpaired) electrons. The van der Waals surface area contributed by atoms with Crippen molar-refractivity contribution in [1.29, 1.82) is 0 Å². The van der Waals surface area contributed by atoms with Gasteiger partial charge in [0.15, 0.2) is 9.84 Å². The van der Waals surface area contributed by atoms with Gasteiger partial charge in [-0.15, -0.1) is 0 Å². The number of halogens is 3. The monoisotopic (exact) mass is 450 g/mol. The van der Waals surface area contributed by atoms with Crippen LogP contribution in [0.1, 0.15) is 30.5 Å². The molecule has 10 heteroatoms. The van der Waals surface area contributed by atoms with E-state index in [1.807, 2.05) is 4.90 Å². The summed E-state index contributed by atoms with van der Waals surface area (Å²) in [4.78, 5) is 10.6. The predicted molar refractivity (Wildman–Crippen MR) is 114 cm³/mol. The summed E-state index contributed by atoms with van der Waals surface area (Å²) in [5, 5.41) is 3.90. The van der Waals surface area contributed by atoms with Crippen LogP contribution in [0.25, 0.3) is 10.9 Å². The Balaban J connectivity index is 1.64. The van der Waals surface area contributed by atoms with Crippen molar-refractivity contribution in [2.24, 2.45) is 0 Å². The van der Waals surface area contributed by atoms with E-state index in [-0.39, 0.29) is 17.1 Å². The van der Waals surface area contributed by atoms with Gasteiger partial charge in [0.1, 0.15) is 11.6 Å². The summed E-state index contributed by atoms with van der Waals surface area (Å²) in [6.45, 7) is 2.40. The van der Waals surface area contributed by atoms with Gasteiger partial charge in [0, 0.05) is 35.9 Å². The van der Waals surface area contributed by atoms with Crippen LogP contribution in [0.15, 0.2) is 42.7 Å². The lowest BCUT2D eigenvalue weighted by Crippen LogP contribution is -2.40. The number of anilines is 2. The van der Waals surface area contributed by atoms with Crippen LogP contribution in [0.2, 0.25) is 0 Å². The van der Waals surface area contributed by atoms with Gasteiger partial charge in [-0.2, -0.15) is 0 Å². The number of rotatable bonds is 5. The molecule has 1 atom stereocenters. The summed E-state index contributed by atoms with van der Waals surface area (Å²) < 4.78 is 64.1. The highest BCUT2D eigenvalue weighted by Crippen LogP contribution is 2.31. The van der Waals surface area contributed by atoms with E-state index in [1.165, 1.54) is 12.1 Å². The Labute approximate surface area is 178 Å². The molecule has 0 amide bonds. The molecule has 1 N–H and O–H groups in total. The molecule has 0 spiro atoms. The van der Waals surface area contributed by atoms with E-state index in [1.54, 1.807) is 31.5 Å². The lowest BCUT2D eigenvalue weighted by atomic mass is 10.0. The van der Waals surface area contributed by atoms with Crippen LogP contribution in [-0.4, -0.2) is 43.0 Å². The Morgan fingerprint density at radius 1 is 1.10 bits per heavy atom. The number of aromatic nitrogens is 2. The summed E-state index contributed by atoms with van der Waals surface area (Å²) in [6, 6.07) is 6.91. The molecule has 1 aromatic carbocycles. The zero-order valence-electron chi connectivity index (χ0n) is 16.7. The van der Waals surface area contributed by atoms with Crippen LogP contribution in [-0.2, 0) is 9.84 Å². The van der Waals surface area contributed by atoms with Crippen molar-refractivity contribution in [3.8, 4) is 0 Å². The lowest BCUT2D eigenvalue weighted by Gasteiger charge is -2.28. The standard InChI is InChI=1S/C21H21F3N4O2S/c1-13(14-3-2-4-15(20(14)22)21(23)24)27-17-5-6-25-18-12-26-19(11-16(17)18)28-7-9-31(29,30)10-8-28/h2-6,11-13,21H,7-10H2,1H3,(H,25,27)/t13-/m1/s1. The molecule has 0 unspecified atom stereocenters. The van der Waals surface area contributed by atoms with E-state index in [0.29, 0.717) is 30.1 Å². The van der Waals surface area contributed by atoms with Crippen molar-refractivity contribution in [2.75, 3.05) is 34.8 Å². The molecule has 31 heavy (non-hydrogen) atoms. The molecule has 0 bridgehead atoms. The topological polar surface area (TPSA) is 75.2 Å². The minimum absolute atomic E-state index is 0.0711. The molecule has 2 aromatic heterocycles. The Morgan fingerprint density at radius 3 is 2.52 bits per heavy atom. The van der Waals surface area contributed by atoms with Gasteiger partial charge in [-0.3, -0.25) is 4.98 Å². The minimum atomic E-state index is -3.02. The second kappa shape index (κ2) is 8.33. The second-order valence-electron chi connectivity index (χ2n) is 7.47. The van der Waals surface area contributed by atoms with Crippen molar-refractivity contribution in [1.82, 2.24) is 9.97 Å². The van der Waals surface area contributed by atoms with Gasteiger partial charge in [0.05, 0.1) is 34.8 Å². The average Bonchev–Trinajstić information content (AvgIpc) is 2.73. The number of nitrogens with one attached hydrogen (secondary N) is 1. The highest BCUT2D eigenvalue weighted by Gasteiger charge is 2.23. The maximum Gasteiger partial charge on any atom is 0.266 e. The van der Waals surface area contributed by atoms with Gasteiger partial charge in [-0.05, 0) is 19.1 Å². The third kappa shape index (κ3) is 4.43. The first-order valence-electron chi connectivity index (χ1n) is 9.78. The zero-order valence-corrected chi connectivity index (χ0v) is 17.5. The molecular formula is C21H21F3N4O2S. The SMILES string of the molecule is C[C@@H](Nc1ccnc2cnc(N3CCS(=O)(=O)CC3)cc12)c1cccc(C(F)F)c1F. The van der Waals surface area contributed by atoms with Crippen LogP contribution in [0.4, 0.5) is 24.7 Å². The number of nitrogens with zero attached hydrogens (tertiary/aromatic N) is 3. The fraction of sp³-hybridized carbons (Fsp3) is 0.333. The second-order valence-corrected chi connectivity index (χ2v) is 9.78. The lowest BCUT2D eigenvalue weighted by molar-refractivity contribution is 0.146. The van der Waals surface area contributed by atoms with Crippen LogP contribution in [0, 0.1) is 5.82 Å². The fourth-order valence-corrected chi connectivity index (χ4v) is 4.86. The number of hydrogen-bond donors (Lipinski definition) is 1. The average molecular weight is 450 g/mol. The largest absolute Gasteiger partial charge is 0.378 e. The zero-order chi connectivity index (χ0) is 22.2. The number of hydrogen-bond acceptors (Lipinski definition) is 6. The maximum absolute atomic E-state index is 14.6. The summed E-state index contributed by atoms with van der Waals surface area (Å²) in [5.41, 5.74) is 0.760. The molecule has 1 fully saturated rings. The summed E-state index contributed by atoms with van der Waals surface area (Å²) >= 11 is 0. The van der Waals surface area contributed by atoms with Gasteiger partial charge in [0.25, 0.3) is 6.43 Å². The normalized spacial score (nSPS) is 17.1. The van der Waals surface area contributed by atoms with E-state index in [0.717, 1.165) is 11.5 Å². The first kappa shape index (κ1) is 21.4. The first-order valence-corrected chi connectivity index (χ1v) is 11.6. The van der Waals surface area contributed by atoms with E-state index in [9.17, 15) is 21.6 Å².